The van der Waals surface area contributed by atoms with E-state index in [1.54, 1.807) is 35.3 Å². The molecule has 1 aromatic heterocycles. The summed E-state index contributed by atoms with van der Waals surface area (Å²) in [7, 11) is -3.41. The predicted molar refractivity (Wildman–Crippen MR) is 120 cm³/mol. The number of benzene rings is 2. The van der Waals surface area contributed by atoms with Gasteiger partial charge in [-0.3, -0.25) is 14.2 Å². The minimum Gasteiger partial charge on any atom is -0.480 e. The average molecular weight is 527 g/mol. The minimum absolute atomic E-state index is 0.176. The summed E-state index contributed by atoms with van der Waals surface area (Å²) in [6, 6.07) is 12.0. The van der Waals surface area contributed by atoms with Crippen molar-refractivity contribution >= 4 is 16.0 Å². The van der Waals surface area contributed by atoms with Crippen LogP contribution in [-0.2, 0) is 27.5 Å². The van der Waals surface area contributed by atoms with Crippen LogP contribution in [0.25, 0.3) is 0 Å². The van der Waals surface area contributed by atoms with Crippen molar-refractivity contribution in [2.45, 2.75) is 30.1 Å². The van der Waals surface area contributed by atoms with Gasteiger partial charge in [-0.05, 0) is 42.8 Å². The molecule has 14 heteroatoms. The van der Waals surface area contributed by atoms with E-state index in [4.69, 9.17) is 4.74 Å². The molecule has 0 saturated heterocycles. The highest BCUT2D eigenvalue weighted by Crippen LogP contribution is 2.26. The summed E-state index contributed by atoms with van der Waals surface area (Å²) in [6.45, 7) is -0.779. The van der Waals surface area contributed by atoms with E-state index in [1.807, 2.05) is 0 Å². The maximum Gasteiger partial charge on any atom is 0.423 e. The zero-order valence-corrected chi connectivity index (χ0v) is 19.4. The fraction of sp³-hybridized carbons (Fsp3) is 0.227. The number of nitrogens with zero attached hydrogens (tertiary/aromatic N) is 2. The highest BCUT2D eigenvalue weighted by molar-refractivity contribution is 7.89. The second kappa shape index (κ2) is 10.4. The summed E-state index contributed by atoms with van der Waals surface area (Å²) in [5.74, 6) is -0.793. The van der Waals surface area contributed by atoms with Gasteiger partial charge in [-0.15, -0.1) is 0 Å². The monoisotopic (exact) mass is 527 g/mol. The Balaban J connectivity index is 1.82. The van der Waals surface area contributed by atoms with E-state index >= 15 is 0 Å². The highest BCUT2D eigenvalue weighted by Gasteiger charge is 2.36. The zero-order chi connectivity index (χ0) is 26.7. The Bertz CT molecular complexity index is 1450. The molecule has 2 N–H and O–H groups in total. The van der Waals surface area contributed by atoms with Crippen molar-refractivity contribution in [2.24, 2.45) is 0 Å². The number of likely N-dealkylation sites (N-methyl/N-ethyl adjacent to an activating group) is 1. The summed E-state index contributed by atoms with van der Waals surface area (Å²) in [4.78, 5) is 37.3. The van der Waals surface area contributed by atoms with Crippen LogP contribution in [0.15, 0.2) is 75.3 Å². The summed E-state index contributed by atoms with van der Waals surface area (Å²) in [5, 5.41) is 9.58. The van der Waals surface area contributed by atoms with Gasteiger partial charge in [0.15, 0.2) is 0 Å². The lowest BCUT2D eigenvalue weighted by Crippen LogP contribution is -2.45. The van der Waals surface area contributed by atoms with Crippen molar-refractivity contribution in [3.63, 3.8) is 0 Å². The molecular weight excluding hydrogens is 507 g/mol. The number of rotatable bonds is 9. The second-order valence-electron chi connectivity index (χ2n) is 7.51. The van der Waals surface area contributed by atoms with Crippen molar-refractivity contribution in [3.05, 3.63) is 87.2 Å². The Morgan fingerprint density at radius 3 is 2.22 bits per heavy atom. The van der Waals surface area contributed by atoms with E-state index in [9.17, 15) is 41.1 Å². The second-order valence-corrected chi connectivity index (χ2v) is 9.51. The number of para-hydroxylation sites is 1. The number of carbonyl (C=O) groups is 1. The van der Waals surface area contributed by atoms with Crippen LogP contribution < -0.4 is 16.0 Å². The molecule has 0 amide bonds. The van der Waals surface area contributed by atoms with Crippen LogP contribution in [-0.4, -0.2) is 46.4 Å². The van der Waals surface area contributed by atoms with Gasteiger partial charge in [-0.1, -0.05) is 18.2 Å². The lowest BCUT2D eigenvalue weighted by molar-refractivity contribution is -0.142. The average Bonchev–Trinajstić information content (AvgIpc) is 2.81. The lowest BCUT2D eigenvalue weighted by Gasteiger charge is -2.24. The number of alkyl halides is 3. The number of H-pyrrole nitrogens is 1. The minimum atomic E-state index is -5.05. The standard InChI is InChI=1S/C22H20F3N3O7S/c1-27(36(33,34)16-9-7-15(8-10-16)35-14-5-3-2-4-6-14)18(20(30)31)11-12-28-19(29)17(22(23,24)25)13-26-21(28)32/h2-10,13,18H,11-12H2,1H3,(H,26,32)(H,30,31). The Labute approximate surface area is 202 Å². The van der Waals surface area contributed by atoms with Crippen molar-refractivity contribution in [2.75, 3.05) is 7.05 Å². The number of nitrogens with one attached hydrogen (secondary N) is 1. The molecule has 3 rings (SSSR count). The topological polar surface area (TPSA) is 139 Å². The first-order valence-electron chi connectivity index (χ1n) is 10.3. The van der Waals surface area contributed by atoms with Gasteiger partial charge in [-0.25, -0.2) is 13.2 Å². The molecule has 0 bridgehead atoms. The summed E-state index contributed by atoms with van der Waals surface area (Å²) in [5.41, 5.74) is -4.51. The molecule has 2 aromatic carbocycles. The number of carboxylic acid groups (broad SMARTS) is 1. The van der Waals surface area contributed by atoms with Crippen LogP contribution in [0.2, 0.25) is 0 Å². The number of sulfonamides is 1. The highest BCUT2D eigenvalue weighted by atomic mass is 32.2. The molecule has 3 aromatic rings. The van der Waals surface area contributed by atoms with Gasteiger partial charge in [0.2, 0.25) is 10.0 Å². The van der Waals surface area contributed by atoms with Gasteiger partial charge in [0.05, 0.1) is 4.90 Å². The molecule has 1 heterocycles. The molecule has 0 radical (unpaired) electrons. The van der Waals surface area contributed by atoms with Gasteiger partial charge in [0.1, 0.15) is 23.1 Å². The zero-order valence-electron chi connectivity index (χ0n) is 18.6. The van der Waals surface area contributed by atoms with E-state index in [2.05, 4.69) is 0 Å². The molecule has 1 atom stereocenters. The van der Waals surface area contributed by atoms with Crippen LogP contribution in [0.5, 0.6) is 11.5 Å². The number of aliphatic carboxylic acids is 1. The third kappa shape index (κ3) is 5.83. The molecule has 0 spiro atoms. The third-order valence-corrected chi connectivity index (χ3v) is 7.08. The van der Waals surface area contributed by atoms with E-state index in [0.29, 0.717) is 15.8 Å². The molecule has 0 saturated carbocycles. The first kappa shape index (κ1) is 26.7. The fourth-order valence-electron chi connectivity index (χ4n) is 3.27. The number of halogens is 3. The van der Waals surface area contributed by atoms with Crippen LogP contribution >= 0.6 is 0 Å². The number of ether oxygens (including phenoxy) is 1. The lowest BCUT2D eigenvalue weighted by atomic mass is 10.2. The molecule has 0 fully saturated rings. The largest absolute Gasteiger partial charge is 0.480 e. The van der Waals surface area contributed by atoms with E-state index in [1.165, 1.54) is 24.3 Å². The van der Waals surface area contributed by atoms with Crippen molar-refractivity contribution in [3.8, 4) is 11.5 Å². The molecule has 0 aliphatic carbocycles. The summed E-state index contributed by atoms with van der Waals surface area (Å²) in [6.07, 6.45) is -5.49. The number of hydrogen-bond donors (Lipinski definition) is 2. The molecule has 0 aliphatic heterocycles. The smallest absolute Gasteiger partial charge is 0.423 e. The summed E-state index contributed by atoms with van der Waals surface area (Å²) >= 11 is 0. The molecule has 1 unspecified atom stereocenters. The Hall–Kier alpha value is -3.91. The van der Waals surface area contributed by atoms with Crippen molar-refractivity contribution in [1.29, 1.82) is 0 Å². The van der Waals surface area contributed by atoms with Crippen LogP contribution in [0.3, 0.4) is 0 Å². The number of hydrogen-bond acceptors (Lipinski definition) is 6. The van der Waals surface area contributed by atoms with Crippen LogP contribution in [0, 0.1) is 0 Å². The van der Waals surface area contributed by atoms with E-state index in [-0.39, 0.29) is 15.7 Å². The van der Waals surface area contributed by atoms with Crippen LogP contribution in [0.1, 0.15) is 12.0 Å². The maximum absolute atomic E-state index is 13.0. The van der Waals surface area contributed by atoms with E-state index < -0.39 is 58.0 Å². The Kier molecular flexibility index (Phi) is 7.69. The molecule has 192 valence electrons. The summed E-state index contributed by atoms with van der Waals surface area (Å²) < 4.78 is 71.3. The van der Waals surface area contributed by atoms with Gasteiger partial charge >= 0.3 is 17.8 Å². The predicted octanol–water partition coefficient (Wildman–Crippen LogP) is 2.51. The Morgan fingerprint density at radius 1 is 1.08 bits per heavy atom. The first-order valence-corrected chi connectivity index (χ1v) is 11.7. The molecule has 36 heavy (non-hydrogen) atoms. The first-order chi connectivity index (χ1) is 16.8. The third-order valence-electron chi connectivity index (χ3n) is 5.20. The van der Waals surface area contributed by atoms with Gasteiger partial charge in [0, 0.05) is 19.8 Å². The Morgan fingerprint density at radius 2 is 1.67 bits per heavy atom. The van der Waals surface area contributed by atoms with Gasteiger partial charge in [0.25, 0.3) is 5.56 Å². The maximum atomic E-state index is 13.0. The van der Waals surface area contributed by atoms with Gasteiger partial charge < -0.3 is 14.8 Å². The molecule has 0 aliphatic rings. The normalized spacial score (nSPS) is 12.9. The van der Waals surface area contributed by atoms with Crippen LogP contribution in [0.4, 0.5) is 13.2 Å². The fourth-order valence-corrected chi connectivity index (χ4v) is 4.61. The van der Waals surface area contributed by atoms with E-state index in [0.717, 1.165) is 7.05 Å². The number of carboxylic acids is 1. The molecular formula is C22H20F3N3O7S. The number of aromatic amines is 1. The van der Waals surface area contributed by atoms with Crippen molar-refractivity contribution in [1.82, 2.24) is 13.9 Å². The van der Waals surface area contributed by atoms with Gasteiger partial charge in [-0.2, -0.15) is 17.5 Å². The molecule has 10 nitrogen and oxygen atoms in total. The SMILES string of the molecule is CN(C(CCn1c(=O)[nH]cc(C(F)(F)F)c1=O)C(=O)O)S(=O)(=O)c1ccc(Oc2ccccc2)cc1. The van der Waals surface area contributed by atoms with Crippen molar-refractivity contribution < 1.29 is 36.2 Å². The number of aromatic nitrogens is 2. The quantitative estimate of drug-likeness (QED) is 0.436.